The first kappa shape index (κ1) is 15.5. The molecule has 0 saturated heterocycles. The van der Waals surface area contributed by atoms with Gasteiger partial charge in [0.2, 0.25) is 0 Å². The average Bonchev–Trinajstić information content (AvgIpc) is 2.41. The van der Waals surface area contributed by atoms with Crippen LogP contribution in [-0.2, 0) is 6.42 Å². The van der Waals surface area contributed by atoms with Gasteiger partial charge in [0.15, 0.2) is 0 Å². The fourth-order valence-electron chi connectivity index (χ4n) is 2.09. The molecule has 0 saturated carbocycles. The van der Waals surface area contributed by atoms with Gasteiger partial charge in [0.05, 0.1) is 0 Å². The Balaban J connectivity index is 2.61. The molecule has 0 aliphatic carbocycles. The molecule has 0 heteroatoms. The molecule has 0 fully saturated rings. The van der Waals surface area contributed by atoms with E-state index >= 15 is 0 Å². The molecule has 1 aromatic carbocycles. The van der Waals surface area contributed by atoms with Gasteiger partial charge < -0.3 is 0 Å². The Morgan fingerprint density at radius 3 is 2.74 bits per heavy atom. The van der Waals surface area contributed by atoms with Gasteiger partial charge in [0.1, 0.15) is 0 Å². The number of benzene rings is 1. The highest BCUT2D eigenvalue weighted by atomic mass is 14.0. The van der Waals surface area contributed by atoms with Gasteiger partial charge in [-0.15, -0.1) is 0 Å². The molecule has 1 aromatic rings. The molecule has 0 nitrogen and oxygen atoms in total. The first-order chi connectivity index (χ1) is 9.17. The van der Waals surface area contributed by atoms with Crippen molar-refractivity contribution in [1.82, 2.24) is 0 Å². The third-order valence-corrected chi connectivity index (χ3v) is 3.30. The molecule has 0 N–H and O–H groups in total. The number of hydrogen-bond acceptors (Lipinski definition) is 0. The summed E-state index contributed by atoms with van der Waals surface area (Å²) in [5, 5.41) is 0. The van der Waals surface area contributed by atoms with Crippen LogP contribution in [0.15, 0.2) is 48.6 Å². The Morgan fingerprint density at radius 2 is 2.05 bits per heavy atom. The van der Waals surface area contributed by atoms with E-state index in [1.807, 2.05) is 6.08 Å². The molecule has 0 spiro atoms. The molecule has 0 amide bonds. The average molecular weight is 254 g/mol. The first-order valence-electron chi connectivity index (χ1n) is 7.20. The lowest BCUT2D eigenvalue weighted by Crippen LogP contribution is -1.89. The van der Waals surface area contributed by atoms with Crippen molar-refractivity contribution in [3.63, 3.8) is 0 Å². The minimum Gasteiger partial charge on any atom is -0.0985 e. The number of hydrogen-bond donors (Lipinski definition) is 0. The Hall–Kier alpha value is -1.56. The predicted octanol–water partition coefficient (Wildman–Crippen LogP) is 5.87. The monoisotopic (exact) mass is 254 g/mol. The molecule has 0 bridgehead atoms. The zero-order valence-electron chi connectivity index (χ0n) is 12.6. The van der Waals surface area contributed by atoms with E-state index in [4.69, 9.17) is 0 Å². The summed E-state index contributed by atoms with van der Waals surface area (Å²) >= 11 is 0. The Morgan fingerprint density at radius 1 is 1.26 bits per heavy atom. The molecule has 0 aromatic heterocycles. The third-order valence-electron chi connectivity index (χ3n) is 3.30. The second-order valence-electron chi connectivity index (χ2n) is 5.08. The molecule has 0 heterocycles. The molecule has 0 unspecified atom stereocenters. The molecule has 0 aliphatic heterocycles. The van der Waals surface area contributed by atoms with Crippen LogP contribution in [0.3, 0.4) is 0 Å². The van der Waals surface area contributed by atoms with E-state index in [1.165, 1.54) is 22.3 Å². The van der Waals surface area contributed by atoms with E-state index in [0.717, 1.165) is 25.7 Å². The van der Waals surface area contributed by atoms with E-state index in [-0.39, 0.29) is 0 Å². The van der Waals surface area contributed by atoms with Gasteiger partial charge in [0, 0.05) is 0 Å². The van der Waals surface area contributed by atoms with Crippen LogP contribution in [0, 0.1) is 6.92 Å². The maximum absolute atomic E-state index is 3.89. The lowest BCUT2D eigenvalue weighted by molar-refractivity contribution is 0.958. The quantitative estimate of drug-likeness (QED) is 0.533. The summed E-state index contributed by atoms with van der Waals surface area (Å²) in [6.45, 7) is 10.4. The van der Waals surface area contributed by atoms with Gasteiger partial charge in [-0.3, -0.25) is 0 Å². The van der Waals surface area contributed by atoms with E-state index in [9.17, 15) is 0 Å². The van der Waals surface area contributed by atoms with E-state index < -0.39 is 0 Å². The highest BCUT2D eigenvalue weighted by molar-refractivity contribution is 5.53. The summed E-state index contributed by atoms with van der Waals surface area (Å²) in [5.41, 5.74) is 5.41. The molecular formula is C19H26. The van der Waals surface area contributed by atoms with Crippen molar-refractivity contribution in [2.75, 3.05) is 0 Å². The van der Waals surface area contributed by atoms with E-state index in [2.05, 4.69) is 63.8 Å². The summed E-state index contributed by atoms with van der Waals surface area (Å²) in [6.07, 6.45) is 13.3. The highest BCUT2D eigenvalue weighted by Crippen LogP contribution is 2.16. The largest absolute Gasteiger partial charge is 0.0985 e. The summed E-state index contributed by atoms with van der Waals surface area (Å²) in [6, 6.07) is 6.56. The van der Waals surface area contributed by atoms with Gasteiger partial charge in [0.25, 0.3) is 0 Å². The summed E-state index contributed by atoms with van der Waals surface area (Å²) in [7, 11) is 0. The van der Waals surface area contributed by atoms with Crippen LogP contribution >= 0.6 is 0 Å². The Bertz CT molecular complexity index is 461. The maximum Gasteiger partial charge on any atom is -0.00888 e. The minimum atomic E-state index is 1.01. The van der Waals surface area contributed by atoms with Crippen molar-refractivity contribution >= 4 is 6.08 Å². The molecule has 0 radical (unpaired) electrons. The molecule has 0 atom stereocenters. The molecular weight excluding hydrogens is 228 g/mol. The van der Waals surface area contributed by atoms with Crippen LogP contribution < -0.4 is 0 Å². The van der Waals surface area contributed by atoms with Crippen molar-refractivity contribution < 1.29 is 0 Å². The van der Waals surface area contributed by atoms with Gasteiger partial charge >= 0.3 is 0 Å². The molecule has 0 aliphatic rings. The zero-order valence-corrected chi connectivity index (χ0v) is 12.6. The van der Waals surface area contributed by atoms with Gasteiger partial charge in [-0.1, -0.05) is 67.1 Å². The van der Waals surface area contributed by atoms with Crippen molar-refractivity contribution in [1.29, 1.82) is 0 Å². The summed E-state index contributed by atoms with van der Waals surface area (Å²) in [5.74, 6) is 0. The minimum absolute atomic E-state index is 1.01. The smallest absolute Gasteiger partial charge is 0.00888 e. The van der Waals surface area contributed by atoms with Crippen LogP contribution in [0.4, 0.5) is 0 Å². The van der Waals surface area contributed by atoms with E-state index in [1.54, 1.807) is 0 Å². The van der Waals surface area contributed by atoms with Crippen LogP contribution in [0.2, 0.25) is 0 Å². The Labute approximate surface area is 118 Å². The number of rotatable bonds is 7. The van der Waals surface area contributed by atoms with Crippen LogP contribution in [0.25, 0.3) is 6.08 Å². The number of aryl methyl sites for hydroxylation is 1. The topological polar surface area (TPSA) is 0 Å². The third kappa shape index (κ3) is 5.74. The Kier molecular flexibility index (Phi) is 6.95. The van der Waals surface area contributed by atoms with Gasteiger partial charge in [-0.2, -0.15) is 0 Å². The molecule has 19 heavy (non-hydrogen) atoms. The van der Waals surface area contributed by atoms with Crippen molar-refractivity contribution in [2.24, 2.45) is 0 Å². The standard InChI is InChI=1S/C19H26/c1-5-7-8-9-10-16(3)11-14-19-15-17(4)12-13-18(19)6-2/h6-8,11-13,15H,2,5,9-10,14H2,1,3-4H3/b8-7-,16-11-. The molecule has 102 valence electrons. The fourth-order valence-corrected chi connectivity index (χ4v) is 2.09. The fraction of sp³-hybridized carbons (Fsp3) is 0.368. The second kappa shape index (κ2) is 8.53. The normalized spacial score (nSPS) is 12.1. The predicted molar refractivity (Wildman–Crippen MR) is 87.4 cm³/mol. The van der Waals surface area contributed by atoms with E-state index in [0.29, 0.717) is 0 Å². The zero-order chi connectivity index (χ0) is 14.1. The van der Waals surface area contributed by atoms with Gasteiger partial charge in [-0.05, 0) is 50.7 Å². The summed E-state index contributed by atoms with van der Waals surface area (Å²) < 4.78 is 0. The van der Waals surface area contributed by atoms with Crippen LogP contribution in [-0.4, -0.2) is 0 Å². The number of allylic oxidation sites excluding steroid dienone is 4. The van der Waals surface area contributed by atoms with Crippen molar-refractivity contribution in [2.45, 2.75) is 46.5 Å². The second-order valence-corrected chi connectivity index (χ2v) is 5.08. The first-order valence-corrected chi connectivity index (χ1v) is 7.20. The lowest BCUT2D eigenvalue weighted by atomic mass is 10.00. The molecule has 1 rings (SSSR count). The van der Waals surface area contributed by atoms with Gasteiger partial charge in [-0.25, -0.2) is 0 Å². The lowest BCUT2D eigenvalue weighted by Gasteiger charge is -2.06. The van der Waals surface area contributed by atoms with Crippen LogP contribution in [0.1, 0.15) is 49.8 Å². The van der Waals surface area contributed by atoms with Crippen molar-refractivity contribution in [3.8, 4) is 0 Å². The summed E-state index contributed by atoms with van der Waals surface area (Å²) in [4.78, 5) is 0. The SMILES string of the molecule is C=Cc1ccc(C)cc1C/C=C(/C)CC/C=C\CC. The van der Waals surface area contributed by atoms with Crippen LogP contribution in [0.5, 0.6) is 0 Å². The van der Waals surface area contributed by atoms with Crippen molar-refractivity contribution in [3.05, 3.63) is 65.3 Å². The highest BCUT2D eigenvalue weighted by Gasteiger charge is 1.98. The maximum atomic E-state index is 3.89.